The van der Waals surface area contributed by atoms with E-state index < -0.39 is 0 Å². The zero-order chi connectivity index (χ0) is 13.1. The average Bonchev–Trinajstić information content (AvgIpc) is 2.39. The molecule has 0 spiro atoms. The lowest BCUT2D eigenvalue weighted by atomic mass is 10.3. The monoisotopic (exact) mass is 270 g/mol. The minimum Gasteiger partial charge on any atom is -0.378 e. The Bertz CT molecular complexity index is 447. The molecule has 0 saturated carbocycles. The van der Waals surface area contributed by atoms with Gasteiger partial charge in [-0.05, 0) is 0 Å². The highest BCUT2D eigenvalue weighted by Gasteiger charge is 2.19. The quantitative estimate of drug-likeness (QED) is 0.791. The van der Waals surface area contributed by atoms with Crippen LogP contribution in [0.2, 0.25) is 5.02 Å². The first-order valence-corrected chi connectivity index (χ1v) is 6.04. The highest BCUT2D eigenvalue weighted by molar-refractivity contribution is 6.33. The molecule has 0 atom stereocenters. The van der Waals surface area contributed by atoms with Crippen LogP contribution in [0.15, 0.2) is 6.20 Å². The van der Waals surface area contributed by atoms with Crippen LogP contribution in [0.5, 0.6) is 0 Å². The van der Waals surface area contributed by atoms with E-state index in [1.807, 2.05) is 4.90 Å². The Labute approximate surface area is 111 Å². The lowest BCUT2D eigenvalue weighted by molar-refractivity contribution is 0.0822. The molecule has 0 unspecified atom stereocenters. The van der Waals surface area contributed by atoms with E-state index in [1.165, 1.54) is 11.1 Å². The molecule has 0 radical (unpaired) electrons. The van der Waals surface area contributed by atoms with Crippen molar-refractivity contribution in [2.45, 2.75) is 0 Å². The molecular weight excluding hydrogens is 256 g/mol. The van der Waals surface area contributed by atoms with Crippen molar-refractivity contribution >= 4 is 23.5 Å². The van der Waals surface area contributed by atoms with Crippen LogP contribution in [-0.4, -0.2) is 61.2 Å². The van der Waals surface area contributed by atoms with Gasteiger partial charge in [0.05, 0.1) is 24.4 Å². The summed E-state index contributed by atoms with van der Waals surface area (Å²) in [6.07, 6.45) is 1.47. The van der Waals surface area contributed by atoms with Crippen molar-refractivity contribution in [3.8, 4) is 0 Å². The van der Waals surface area contributed by atoms with Gasteiger partial charge in [0.1, 0.15) is 0 Å². The molecule has 1 aromatic rings. The van der Waals surface area contributed by atoms with E-state index in [0.717, 1.165) is 13.1 Å². The third-order valence-electron chi connectivity index (χ3n) is 2.63. The predicted octanol–water partition coefficient (Wildman–Crippen LogP) is 0.668. The maximum atomic E-state index is 11.9. The molecule has 2 heterocycles. The van der Waals surface area contributed by atoms with Gasteiger partial charge in [-0.3, -0.25) is 4.79 Å². The molecule has 1 aliphatic rings. The number of hydrogen-bond acceptors (Lipinski definition) is 5. The normalized spacial score (nSPS) is 15.6. The first kappa shape index (κ1) is 13.0. The highest BCUT2D eigenvalue weighted by atomic mass is 35.5. The Morgan fingerprint density at radius 2 is 2.11 bits per heavy atom. The van der Waals surface area contributed by atoms with Gasteiger partial charge in [0.2, 0.25) is 5.95 Å². The van der Waals surface area contributed by atoms with E-state index in [4.69, 9.17) is 16.3 Å². The minimum absolute atomic E-state index is 0.225. The van der Waals surface area contributed by atoms with Crippen LogP contribution in [0.25, 0.3) is 0 Å². The van der Waals surface area contributed by atoms with E-state index in [-0.39, 0.29) is 16.6 Å². The van der Waals surface area contributed by atoms with Gasteiger partial charge in [0.25, 0.3) is 5.91 Å². The fourth-order valence-electron chi connectivity index (χ4n) is 1.64. The zero-order valence-electron chi connectivity index (χ0n) is 10.4. The molecule has 1 aliphatic heterocycles. The van der Waals surface area contributed by atoms with Gasteiger partial charge in [-0.15, -0.1) is 0 Å². The summed E-state index contributed by atoms with van der Waals surface area (Å²) < 4.78 is 5.26. The number of carbonyl (C=O) groups excluding carboxylic acids is 1. The summed E-state index contributed by atoms with van der Waals surface area (Å²) in [6, 6.07) is 0. The Hall–Kier alpha value is -1.40. The number of nitrogens with zero attached hydrogens (tertiary/aromatic N) is 4. The second-order valence-corrected chi connectivity index (χ2v) is 4.57. The number of halogens is 1. The summed E-state index contributed by atoms with van der Waals surface area (Å²) >= 11 is 5.96. The topological polar surface area (TPSA) is 58.6 Å². The number of ether oxygens (including phenoxy) is 1. The first-order valence-electron chi connectivity index (χ1n) is 5.66. The second-order valence-electron chi connectivity index (χ2n) is 4.17. The SMILES string of the molecule is CN(C)C(=O)c1nc(N2CCOCC2)ncc1Cl. The molecular formula is C11H15ClN4O2. The second kappa shape index (κ2) is 5.49. The van der Waals surface area contributed by atoms with Gasteiger partial charge < -0.3 is 14.5 Å². The van der Waals surface area contributed by atoms with Gasteiger partial charge >= 0.3 is 0 Å². The molecule has 0 N–H and O–H groups in total. The Balaban J connectivity index is 2.28. The summed E-state index contributed by atoms with van der Waals surface area (Å²) in [6.45, 7) is 2.72. The fraction of sp³-hybridized carbons (Fsp3) is 0.545. The summed E-state index contributed by atoms with van der Waals surface area (Å²) in [5, 5.41) is 0.269. The van der Waals surface area contributed by atoms with Crippen LogP contribution in [0, 0.1) is 0 Å². The van der Waals surface area contributed by atoms with Crippen LogP contribution in [-0.2, 0) is 4.74 Å². The number of amides is 1. The molecule has 1 fully saturated rings. The van der Waals surface area contributed by atoms with Crippen molar-refractivity contribution < 1.29 is 9.53 Å². The number of anilines is 1. The van der Waals surface area contributed by atoms with E-state index in [9.17, 15) is 4.79 Å². The molecule has 18 heavy (non-hydrogen) atoms. The molecule has 1 aromatic heterocycles. The van der Waals surface area contributed by atoms with Crippen LogP contribution in [0.1, 0.15) is 10.5 Å². The van der Waals surface area contributed by atoms with Crippen LogP contribution in [0.3, 0.4) is 0 Å². The van der Waals surface area contributed by atoms with Crippen LogP contribution in [0.4, 0.5) is 5.95 Å². The first-order chi connectivity index (χ1) is 8.59. The van der Waals surface area contributed by atoms with Crippen molar-refractivity contribution in [1.29, 1.82) is 0 Å². The number of aromatic nitrogens is 2. The summed E-state index contributed by atoms with van der Waals surface area (Å²) in [4.78, 5) is 23.7. The van der Waals surface area contributed by atoms with E-state index in [0.29, 0.717) is 19.2 Å². The number of hydrogen-bond donors (Lipinski definition) is 0. The summed E-state index contributed by atoms with van der Waals surface area (Å²) in [5.74, 6) is 0.296. The van der Waals surface area contributed by atoms with E-state index in [2.05, 4.69) is 9.97 Å². The maximum Gasteiger partial charge on any atom is 0.273 e. The minimum atomic E-state index is -0.225. The Kier molecular flexibility index (Phi) is 3.98. The Morgan fingerprint density at radius 3 is 2.72 bits per heavy atom. The molecule has 2 rings (SSSR count). The number of morpholine rings is 1. The lowest BCUT2D eigenvalue weighted by Gasteiger charge is -2.27. The Morgan fingerprint density at radius 1 is 1.44 bits per heavy atom. The van der Waals surface area contributed by atoms with Crippen LogP contribution >= 0.6 is 11.6 Å². The van der Waals surface area contributed by atoms with Crippen molar-refractivity contribution in [2.75, 3.05) is 45.3 Å². The summed E-state index contributed by atoms with van der Waals surface area (Å²) in [5.41, 5.74) is 0.234. The van der Waals surface area contributed by atoms with Crippen molar-refractivity contribution in [2.24, 2.45) is 0 Å². The smallest absolute Gasteiger partial charge is 0.273 e. The van der Waals surface area contributed by atoms with Crippen molar-refractivity contribution in [3.05, 3.63) is 16.9 Å². The van der Waals surface area contributed by atoms with Crippen molar-refractivity contribution in [3.63, 3.8) is 0 Å². The molecule has 6 nitrogen and oxygen atoms in total. The van der Waals surface area contributed by atoms with Crippen LogP contribution < -0.4 is 4.90 Å². The predicted molar refractivity (Wildman–Crippen MR) is 68.1 cm³/mol. The van der Waals surface area contributed by atoms with Gasteiger partial charge in [-0.25, -0.2) is 9.97 Å². The summed E-state index contributed by atoms with van der Waals surface area (Å²) in [7, 11) is 3.32. The largest absolute Gasteiger partial charge is 0.378 e. The maximum absolute atomic E-state index is 11.9. The number of rotatable bonds is 2. The molecule has 98 valence electrons. The fourth-order valence-corrected chi connectivity index (χ4v) is 1.81. The third kappa shape index (κ3) is 2.70. The molecule has 7 heteroatoms. The third-order valence-corrected chi connectivity index (χ3v) is 2.91. The van der Waals surface area contributed by atoms with Gasteiger partial charge in [0, 0.05) is 27.2 Å². The average molecular weight is 271 g/mol. The standard InChI is InChI=1S/C11H15ClN4O2/c1-15(2)10(17)9-8(12)7-13-11(14-9)16-3-5-18-6-4-16/h7H,3-6H2,1-2H3. The molecule has 0 bridgehead atoms. The van der Waals surface area contributed by atoms with E-state index in [1.54, 1.807) is 14.1 Å². The van der Waals surface area contributed by atoms with Crippen molar-refractivity contribution in [1.82, 2.24) is 14.9 Å². The molecule has 1 amide bonds. The van der Waals surface area contributed by atoms with Gasteiger partial charge in [-0.1, -0.05) is 11.6 Å². The lowest BCUT2D eigenvalue weighted by Crippen LogP contribution is -2.37. The van der Waals surface area contributed by atoms with Gasteiger partial charge in [-0.2, -0.15) is 0 Å². The number of carbonyl (C=O) groups is 1. The molecule has 1 saturated heterocycles. The molecule has 0 aliphatic carbocycles. The molecule has 0 aromatic carbocycles. The zero-order valence-corrected chi connectivity index (χ0v) is 11.1. The van der Waals surface area contributed by atoms with Gasteiger partial charge in [0.15, 0.2) is 5.69 Å². The van der Waals surface area contributed by atoms with E-state index >= 15 is 0 Å². The highest BCUT2D eigenvalue weighted by Crippen LogP contribution is 2.18.